The maximum Gasteiger partial charge on any atom is 0.301 e. The Bertz CT molecular complexity index is 1440. The van der Waals surface area contributed by atoms with Crippen molar-refractivity contribution in [1.82, 2.24) is 4.98 Å². The second kappa shape index (κ2) is 8.11. The van der Waals surface area contributed by atoms with Crippen LogP contribution in [0.25, 0.3) is 16.0 Å². The Labute approximate surface area is 200 Å². The minimum absolute atomic E-state index is 0.00819. The highest BCUT2D eigenvalue weighted by Crippen LogP contribution is 2.44. The highest BCUT2D eigenvalue weighted by atomic mass is 32.1. The molecule has 1 saturated heterocycles. The first-order valence-corrected chi connectivity index (χ1v) is 11.6. The number of Topliss-reactive ketones (excluding diaryl/α,β-unsaturated/α-hetero) is 1. The summed E-state index contributed by atoms with van der Waals surface area (Å²) in [6.07, 6.45) is 0. The molecule has 2 N–H and O–H groups in total. The van der Waals surface area contributed by atoms with Gasteiger partial charge in [-0.25, -0.2) is 4.98 Å². The number of phenolic OH excluding ortho intramolecular Hbond substituents is 1. The van der Waals surface area contributed by atoms with Crippen molar-refractivity contribution in [2.24, 2.45) is 0 Å². The summed E-state index contributed by atoms with van der Waals surface area (Å²) in [7, 11) is 0. The maximum atomic E-state index is 13.3. The first-order chi connectivity index (χ1) is 16.2. The van der Waals surface area contributed by atoms with E-state index in [1.165, 1.54) is 28.4 Å². The third-order valence-corrected chi connectivity index (χ3v) is 7.19. The number of aliphatic hydroxyl groups is 1. The zero-order valence-corrected chi connectivity index (χ0v) is 19.7. The van der Waals surface area contributed by atoms with Crippen LogP contribution >= 0.6 is 11.3 Å². The van der Waals surface area contributed by atoms with E-state index in [1.807, 2.05) is 45.0 Å². The molecule has 0 spiro atoms. The number of fused-ring (bicyclic) bond motifs is 1. The fourth-order valence-electron chi connectivity index (χ4n) is 4.14. The molecular weight excluding hydrogens is 448 g/mol. The molecule has 1 amide bonds. The normalized spacial score (nSPS) is 17.6. The lowest BCUT2D eigenvalue weighted by atomic mass is 9.95. The van der Waals surface area contributed by atoms with E-state index in [0.29, 0.717) is 16.3 Å². The van der Waals surface area contributed by atoms with Crippen LogP contribution in [0.15, 0.2) is 66.2 Å². The lowest BCUT2D eigenvalue weighted by Crippen LogP contribution is -2.29. The minimum Gasteiger partial charge on any atom is -0.508 e. The molecule has 5 rings (SSSR count). The van der Waals surface area contributed by atoms with Crippen molar-refractivity contribution in [3.05, 3.63) is 94.1 Å². The van der Waals surface area contributed by atoms with Crippen LogP contribution in [-0.4, -0.2) is 26.9 Å². The maximum absolute atomic E-state index is 13.3. The number of carbonyl (C=O) groups excluding carboxylic acids is 2. The summed E-state index contributed by atoms with van der Waals surface area (Å²) in [6.45, 7) is 5.94. The SMILES string of the molecule is Cc1ccc(/C(O)=C2\C(=O)C(=O)N(c3nc4cc(C)c(C)cc4s3)C2c2ccc(O)cc2)cc1. The van der Waals surface area contributed by atoms with Gasteiger partial charge in [-0.1, -0.05) is 53.3 Å². The Morgan fingerprint density at radius 1 is 0.941 bits per heavy atom. The number of phenols is 1. The number of aromatic nitrogens is 1. The molecule has 170 valence electrons. The number of amides is 1. The number of benzene rings is 3. The van der Waals surface area contributed by atoms with Crippen molar-refractivity contribution in [3.63, 3.8) is 0 Å². The van der Waals surface area contributed by atoms with Crippen molar-refractivity contribution in [1.29, 1.82) is 0 Å². The predicted octanol–water partition coefficient (Wildman–Crippen LogP) is 5.55. The predicted molar refractivity (Wildman–Crippen MR) is 133 cm³/mol. The van der Waals surface area contributed by atoms with E-state index in [-0.39, 0.29) is 17.1 Å². The summed E-state index contributed by atoms with van der Waals surface area (Å²) >= 11 is 1.32. The van der Waals surface area contributed by atoms with Crippen LogP contribution < -0.4 is 4.90 Å². The van der Waals surface area contributed by atoms with E-state index >= 15 is 0 Å². The van der Waals surface area contributed by atoms with Crippen LogP contribution in [0.2, 0.25) is 0 Å². The van der Waals surface area contributed by atoms with E-state index in [2.05, 4.69) is 4.98 Å². The molecular formula is C27H22N2O4S. The lowest BCUT2D eigenvalue weighted by molar-refractivity contribution is -0.132. The first kappa shape index (κ1) is 21.9. The molecule has 1 fully saturated rings. The summed E-state index contributed by atoms with van der Waals surface area (Å²) in [5.74, 6) is -1.71. The fourth-order valence-corrected chi connectivity index (χ4v) is 5.21. The van der Waals surface area contributed by atoms with Gasteiger partial charge in [-0.2, -0.15) is 0 Å². The van der Waals surface area contributed by atoms with Crippen molar-refractivity contribution >= 4 is 44.1 Å². The van der Waals surface area contributed by atoms with Gasteiger partial charge in [-0.3, -0.25) is 14.5 Å². The number of aliphatic hydroxyl groups excluding tert-OH is 1. The average molecular weight is 471 g/mol. The molecule has 7 heteroatoms. The number of carbonyl (C=O) groups is 2. The van der Waals surface area contributed by atoms with Crippen LogP contribution in [0.1, 0.15) is 33.9 Å². The second-order valence-electron chi connectivity index (χ2n) is 8.53. The van der Waals surface area contributed by atoms with E-state index in [1.54, 1.807) is 24.3 Å². The number of hydrogen-bond donors (Lipinski definition) is 2. The quantitative estimate of drug-likeness (QED) is 0.233. The molecule has 1 aromatic heterocycles. The van der Waals surface area contributed by atoms with E-state index in [0.717, 1.165) is 26.9 Å². The molecule has 3 aromatic carbocycles. The lowest BCUT2D eigenvalue weighted by Gasteiger charge is -2.23. The van der Waals surface area contributed by atoms with Gasteiger partial charge in [-0.15, -0.1) is 0 Å². The summed E-state index contributed by atoms with van der Waals surface area (Å²) in [4.78, 5) is 32.6. The number of aromatic hydroxyl groups is 1. The van der Waals surface area contributed by atoms with Gasteiger partial charge in [0.1, 0.15) is 11.5 Å². The molecule has 0 bridgehead atoms. The summed E-state index contributed by atoms with van der Waals surface area (Å²) in [5, 5.41) is 21.3. The summed E-state index contributed by atoms with van der Waals surface area (Å²) in [6, 6.07) is 16.5. The molecule has 1 unspecified atom stereocenters. The molecule has 0 saturated carbocycles. The molecule has 2 heterocycles. The zero-order chi connectivity index (χ0) is 24.1. The van der Waals surface area contributed by atoms with E-state index in [4.69, 9.17) is 0 Å². The molecule has 0 radical (unpaired) electrons. The Morgan fingerprint density at radius 2 is 1.59 bits per heavy atom. The van der Waals surface area contributed by atoms with Crippen molar-refractivity contribution in [2.75, 3.05) is 4.90 Å². The van der Waals surface area contributed by atoms with Crippen molar-refractivity contribution in [3.8, 4) is 5.75 Å². The standard InChI is InChI=1S/C27H22N2O4S/c1-14-4-6-18(7-5-14)24(31)22-23(17-8-10-19(30)11-9-17)29(26(33)25(22)32)27-28-20-12-15(2)16(3)13-21(20)34-27/h4-13,23,30-31H,1-3H3/b24-22+. The van der Waals surface area contributed by atoms with Gasteiger partial charge in [0.15, 0.2) is 5.13 Å². The van der Waals surface area contributed by atoms with Crippen LogP contribution in [-0.2, 0) is 9.59 Å². The van der Waals surface area contributed by atoms with Crippen LogP contribution in [0.3, 0.4) is 0 Å². The molecule has 6 nitrogen and oxygen atoms in total. The van der Waals surface area contributed by atoms with Gasteiger partial charge < -0.3 is 10.2 Å². The Hall–Kier alpha value is -3.97. The fraction of sp³-hybridized carbons (Fsp3) is 0.148. The topological polar surface area (TPSA) is 90.7 Å². The number of nitrogens with zero attached hydrogens (tertiary/aromatic N) is 2. The van der Waals surface area contributed by atoms with Gasteiger partial charge in [0, 0.05) is 5.56 Å². The van der Waals surface area contributed by atoms with Gasteiger partial charge in [0.25, 0.3) is 5.78 Å². The van der Waals surface area contributed by atoms with Gasteiger partial charge in [-0.05, 0) is 61.7 Å². The monoisotopic (exact) mass is 470 g/mol. The summed E-state index contributed by atoms with van der Waals surface area (Å²) < 4.78 is 0.906. The molecule has 4 aromatic rings. The number of ketones is 1. The van der Waals surface area contributed by atoms with E-state index in [9.17, 15) is 19.8 Å². The number of thiazole rings is 1. The number of rotatable bonds is 3. The Morgan fingerprint density at radius 3 is 2.26 bits per heavy atom. The van der Waals surface area contributed by atoms with Crippen LogP contribution in [0, 0.1) is 20.8 Å². The largest absolute Gasteiger partial charge is 0.508 e. The zero-order valence-electron chi connectivity index (χ0n) is 18.9. The smallest absolute Gasteiger partial charge is 0.301 e. The highest BCUT2D eigenvalue weighted by Gasteiger charge is 2.48. The van der Waals surface area contributed by atoms with Gasteiger partial charge >= 0.3 is 5.91 Å². The van der Waals surface area contributed by atoms with Gasteiger partial charge in [0.2, 0.25) is 0 Å². The summed E-state index contributed by atoms with van der Waals surface area (Å²) in [5.41, 5.74) is 4.96. The number of hydrogen-bond acceptors (Lipinski definition) is 6. The third kappa shape index (κ3) is 3.54. The third-order valence-electron chi connectivity index (χ3n) is 6.18. The molecule has 1 aliphatic rings. The highest BCUT2D eigenvalue weighted by molar-refractivity contribution is 7.22. The van der Waals surface area contributed by atoms with Crippen molar-refractivity contribution < 1.29 is 19.8 Å². The van der Waals surface area contributed by atoms with Crippen molar-refractivity contribution in [2.45, 2.75) is 26.8 Å². The molecule has 0 aliphatic carbocycles. The Kier molecular flexibility index (Phi) is 5.21. The molecule has 1 aliphatic heterocycles. The Balaban J connectivity index is 1.73. The molecule has 1 atom stereocenters. The van der Waals surface area contributed by atoms with Crippen LogP contribution in [0.4, 0.5) is 5.13 Å². The van der Waals surface area contributed by atoms with Gasteiger partial charge in [0.05, 0.1) is 21.8 Å². The number of aryl methyl sites for hydroxylation is 3. The average Bonchev–Trinajstić information content (AvgIpc) is 3.32. The first-order valence-electron chi connectivity index (χ1n) is 10.8. The minimum atomic E-state index is -0.885. The second-order valence-corrected chi connectivity index (χ2v) is 9.54. The molecule has 34 heavy (non-hydrogen) atoms. The number of anilines is 1. The van der Waals surface area contributed by atoms with E-state index < -0.39 is 17.7 Å². The van der Waals surface area contributed by atoms with Crippen LogP contribution in [0.5, 0.6) is 5.75 Å².